The van der Waals surface area contributed by atoms with Gasteiger partial charge in [-0.3, -0.25) is 19.7 Å². The van der Waals surface area contributed by atoms with Gasteiger partial charge in [-0.2, -0.15) is 0 Å². The number of carbonyl (C=O) groups excluding carboxylic acids is 2. The lowest BCUT2D eigenvalue weighted by Crippen LogP contribution is -2.15. The number of carbonyl (C=O) groups is 2. The van der Waals surface area contributed by atoms with Gasteiger partial charge < -0.3 is 10.1 Å². The smallest absolute Gasteiger partial charge is 0.308 e. The van der Waals surface area contributed by atoms with Crippen molar-refractivity contribution in [3.8, 4) is 5.75 Å². The average Bonchev–Trinajstić information content (AvgIpc) is 2.49. The number of halogens is 1. The fraction of sp³-hybridized carbons (Fsp3) is 0.0667. The molecular weight excluding hydrogens is 307 g/mol. The lowest BCUT2D eigenvalue weighted by atomic mass is 10.1. The molecule has 0 unspecified atom stereocenters. The van der Waals surface area contributed by atoms with E-state index in [4.69, 9.17) is 4.74 Å². The van der Waals surface area contributed by atoms with E-state index in [1.165, 1.54) is 25.1 Å². The van der Waals surface area contributed by atoms with Crippen LogP contribution in [0.4, 0.5) is 15.8 Å². The highest BCUT2D eigenvalue weighted by molar-refractivity contribution is 6.06. The number of ether oxygens (including phenoxy) is 1. The summed E-state index contributed by atoms with van der Waals surface area (Å²) in [5.74, 6) is -2.20. The van der Waals surface area contributed by atoms with Gasteiger partial charge in [0, 0.05) is 19.1 Å². The van der Waals surface area contributed by atoms with Crippen LogP contribution in [-0.4, -0.2) is 16.8 Å². The maximum atomic E-state index is 13.7. The number of hydrogen-bond donors (Lipinski definition) is 1. The Morgan fingerprint density at radius 2 is 1.91 bits per heavy atom. The first-order chi connectivity index (χ1) is 10.9. The summed E-state index contributed by atoms with van der Waals surface area (Å²) in [5.41, 5.74) is -0.717. The Morgan fingerprint density at radius 1 is 1.22 bits per heavy atom. The van der Waals surface area contributed by atoms with Crippen LogP contribution in [0.15, 0.2) is 42.5 Å². The first-order valence-electron chi connectivity index (χ1n) is 6.41. The molecule has 23 heavy (non-hydrogen) atoms. The first kappa shape index (κ1) is 16.1. The molecule has 1 N–H and O–H groups in total. The Kier molecular flexibility index (Phi) is 4.65. The molecule has 2 aromatic carbocycles. The van der Waals surface area contributed by atoms with E-state index in [0.717, 1.165) is 18.2 Å². The van der Waals surface area contributed by atoms with Crippen molar-refractivity contribution in [3.05, 3.63) is 64.0 Å². The molecule has 0 spiro atoms. The third-order valence-electron chi connectivity index (χ3n) is 2.79. The van der Waals surface area contributed by atoms with Gasteiger partial charge in [0.15, 0.2) is 0 Å². The van der Waals surface area contributed by atoms with E-state index >= 15 is 0 Å². The number of nitrogens with zero attached hydrogens (tertiary/aromatic N) is 1. The van der Waals surface area contributed by atoms with Crippen LogP contribution in [0.1, 0.15) is 17.3 Å². The molecule has 0 radical (unpaired) electrons. The zero-order valence-corrected chi connectivity index (χ0v) is 11.9. The first-order valence-corrected chi connectivity index (χ1v) is 6.41. The predicted molar refractivity (Wildman–Crippen MR) is 78.8 cm³/mol. The number of rotatable bonds is 4. The van der Waals surface area contributed by atoms with Gasteiger partial charge in [-0.25, -0.2) is 4.39 Å². The van der Waals surface area contributed by atoms with Crippen molar-refractivity contribution in [3.63, 3.8) is 0 Å². The van der Waals surface area contributed by atoms with Gasteiger partial charge >= 0.3 is 5.97 Å². The number of non-ortho nitro benzene ring substituents is 1. The van der Waals surface area contributed by atoms with Gasteiger partial charge in [0.05, 0.1) is 16.2 Å². The van der Waals surface area contributed by atoms with Gasteiger partial charge in [0.2, 0.25) is 0 Å². The Hall–Kier alpha value is -3.29. The standard InChI is InChI=1S/C15H11FN2O5/c1-9(19)23-14-5-3-2-4-11(14)15(20)17-13-8-10(18(21)22)6-7-12(13)16/h2-8H,1H3,(H,17,20). The minimum absolute atomic E-state index is 0.00309. The quantitative estimate of drug-likeness (QED) is 0.404. The zero-order valence-electron chi connectivity index (χ0n) is 11.9. The summed E-state index contributed by atoms with van der Waals surface area (Å²) >= 11 is 0. The van der Waals surface area contributed by atoms with E-state index < -0.39 is 22.6 Å². The average molecular weight is 318 g/mol. The molecule has 7 nitrogen and oxygen atoms in total. The third-order valence-corrected chi connectivity index (χ3v) is 2.79. The van der Waals surface area contributed by atoms with Gasteiger partial charge in [-0.15, -0.1) is 0 Å². The van der Waals surface area contributed by atoms with Crippen LogP contribution in [0.2, 0.25) is 0 Å². The summed E-state index contributed by atoms with van der Waals surface area (Å²) in [7, 11) is 0. The van der Waals surface area contributed by atoms with E-state index in [1.54, 1.807) is 6.07 Å². The van der Waals surface area contributed by atoms with Crippen molar-refractivity contribution in [2.45, 2.75) is 6.92 Å². The number of esters is 1. The number of hydrogen-bond acceptors (Lipinski definition) is 5. The van der Waals surface area contributed by atoms with Gasteiger partial charge in [0.1, 0.15) is 11.6 Å². The molecule has 0 heterocycles. The number of nitro benzene ring substituents is 1. The van der Waals surface area contributed by atoms with Crippen LogP contribution in [0.5, 0.6) is 5.75 Å². The minimum atomic E-state index is -0.825. The molecule has 0 atom stereocenters. The number of para-hydroxylation sites is 1. The molecule has 0 bridgehead atoms. The summed E-state index contributed by atoms with van der Waals surface area (Å²) in [6.07, 6.45) is 0. The second kappa shape index (κ2) is 6.65. The lowest BCUT2D eigenvalue weighted by molar-refractivity contribution is -0.384. The predicted octanol–water partition coefficient (Wildman–Crippen LogP) is 2.91. The molecule has 0 fully saturated rings. The lowest BCUT2D eigenvalue weighted by Gasteiger charge is -2.10. The highest BCUT2D eigenvalue weighted by atomic mass is 19.1. The van der Waals surface area contributed by atoms with Crippen molar-refractivity contribution in [2.24, 2.45) is 0 Å². The number of nitrogens with one attached hydrogen (secondary N) is 1. The van der Waals surface area contributed by atoms with Crippen LogP contribution < -0.4 is 10.1 Å². The van der Waals surface area contributed by atoms with Gasteiger partial charge in [-0.1, -0.05) is 12.1 Å². The molecule has 1 amide bonds. The summed E-state index contributed by atoms with van der Waals surface area (Å²) in [6, 6.07) is 8.64. The van der Waals surface area contributed by atoms with Gasteiger partial charge in [0.25, 0.3) is 11.6 Å². The summed E-state index contributed by atoms with van der Waals surface area (Å²) < 4.78 is 18.6. The Bertz CT molecular complexity index is 791. The Balaban J connectivity index is 2.31. The van der Waals surface area contributed by atoms with Crippen LogP contribution in [-0.2, 0) is 4.79 Å². The molecule has 0 saturated heterocycles. The summed E-state index contributed by atoms with van der Waals surface area (Å²) in [6.45, 7) is 1.18. The van der Waals surface area contributed by atoms with Crippen LogP contribution >= 0.6 is 0 Å². The highest BCUT2D eigenvalue weighted by Gasteiger charge is 2.17. The van der Waals surface area contributed by atoms with Gasteiger partial charge in [-0.05, 0) is 18.2 Å². The topological polar surface area (TPSA) is 98.5 Å². The number of benzene rings is 2. The second-order valence-corrected chi connectivity index (χ2v) is 4.47. The van der Waals surface area contributed by atoms with E-state index in [2.05, 4.69) is 5.32 Å². The highest BCUT2D eigenvalue weighted by Crippen LogP contribution is 2.24. The molecule has 8 heteroatoms. The maximum absolute atomic E-state index is 13.7. The number of anilines is 1. The molecule has 0 aromatic heterocycles. The largest absolute Gasteiger partial charge is 0.426 e. The van der Waals surface area contributed by atoms with E-state index in [1.807, 2.05) is 0 Å². The molecule has 0 aliphatic rings. The molecule has 2 rings (SSSR count). The van der Waals surface area contributed by atoms with Crippen molar-refractivity contribution in [1.82, 2.24) is 0 Å². The van der Waals surface area contributed by atoms with Crippen LogP contribution in [0.3, 0.4) is 0 Å². The second-order valence-electron chi connectivity index (χ2n) is 4.47. The molecular formula is C15H11FN2O5. The fourth-order valence-corrected chi connectivity index (χ4v) is 1.81. The molecule has 0 aliphatic heterocycles. The summed E-state index contributed by atoms with van der Waals surface area (Å²) in [4.78, 5) is 33.2. The third kappa shape index (κ3) is 3.88. The van der Waals surface area contributed by atoms with E-state index in [9.17, 15) is 24.1 Å². The fourth-order valence-electron chi connectivity index (χ4n) is 1.81. The summed E-state index contributed by atoms with van der Waals surface area (Å²) in [5, 5.41) is 12.9. The Labute approximate surface area is 129 Å². The number of amides is 1. The zero-order chi connectivity index (χ0) is 17.0. The van der Waals surface area contributed by atoms with Crippen molar-refractivity contribution in [1.29, 1.82) is 0 Å². The van der Waals surface area contributed by atoms with E-state index in [-0.39, 0.29) is 22.7 Å². The van der Waals surface area contributed by atoms with Crippen LogP contribution in [0.25, 0.3) is 0 Å². The van der Waals surface area contributed by atoms with Crippen molar-refractivity contribution >= 4 is 23.3 Å². The Morgan fingerprint density at radius 3 is 2.57 bits per heavy atom. The number of nitro groups is 1. The van der Waals surface area contributed by atoms with Crippen LogP contribution in [0, 0.1) is 15.9 Å². The van der Waals surface area contributed by atoms with Crippen molar-refractivity contribution < 1.29 is 23.6 Å². The molecule has 0 saturated carbocycles. The minimum Gasteiger partial charge on any atom is -0.426 e. The normalized spacial score (nSPS) is 10.0. The van der Waals surface area contributed by atoms with Crippen molar-refractivity contribution in [2.75, 3.05) is 5.32 Å². The maximum Gasteiger partial charge on any atom is 0.308 e. The molecule has 118 valence electrons. The van der Waals surface area contributed by atoms with E-state index in [0.29, 0.717) is 0 Å². The monoisotopic (exact) mass is 318 g/mol. The molecule has 0 aliphatic carbocycles. The SMILES string of the molecule is CC(=O)Oc1ccccc1C(=O)Nc1cc([N+](=O)[O-])ccc1F. The molecule has 2 aromatic rings.